The van der Waals surface area contributed by atoms with Crippen molar-refractivity contribution in [2.45, 2.75) is 25.7 Å². The van der Waals surface area contributed by atoms with Gasteiger partial charge >= 0.3 is 12.1 Å². The Hall–Kier alpha value is -1.35. The van der Waals surface area contributed by atoms with Crippen LogP contribution in [0, 0.1) is 0 Å². The van der Waals surface area contributed by atoms with E-state index in [-0.39, 0.29) is 13.0 Å². The van der Waals surface area contributed by atoms with Crippen LogP contribution in [0.4, 0.5) is 13.2 Å². The summed E-state index contributed by atoms with van der Waals surface area (Å²) >= 11 is 0. The third-order valence-corrected chi connectivity index (χ3v) is 1.24. The molecular weight excluding hydrogens is 233 g/mol. The molecule has 1 amide bonds. The number of carbonyl (C=O) groups is 2. The van der Waals surface area contributed by atoms with Gasteiger partial charge in [0, 0.05) is 13.0 Å². The van der Waals surface area contributed by atoms with E-state index in [2.05, 4.69) is 15.1 Å². The number of amides is 1. The zero-order valence-electron chi connectivity index (χ0n) is 8.34. The first kappa shape index (κ1) is 14.6. The summed E-state index contributed by atoms with van der Waals surface area (Å²) < 4.78 is 34.9. The van der Waals surface area contributed by atoms with Crippen LogP contribution in [0.25, 0.3) is 0 Å². The van der Waals surface area contributed by atoms with Crippen molar-refractivity contribution in [2.75, 3.05) is 6.54 Å². The highest BCUT2D eigenvalue weighted by Gasteiger charge is 2.42. The second-order valence-corrected chi connectivity index (χ2v) is 2.71. The monoisotopic (exact) mass is 244 g/mol. The Morgan fingerprint density at radius 2 is 2.00 bits per heavy atom. The highest BCUT2D eigenvalue weighted by molar-refractivity contribution is 5.76. The summed E-state index contributed by atoms with van der Waals surface area (Å²) in [7, 11) is 0. The average molecular weight is 244 g/mol. The summed E-state index contributed by atoms with van der Waals surface area (Å²) in [6.07, 6.45) is -6.34. The molecule has 0 spiro atoms. The number of hydrogen-bond acceptors (Lipinski definition) is 5. The van der Waals surface area contributed by atoms with Crippen LogP contribution in [0.5, 0.6) is 0 Å². The third kappa shape index (κ3) is 6.19. The largest absolute Gasteiger partial charge is 0.494 e. The quantitative estimate of drug-likeness (QED) is 0.398. The summed E-state index contributed by atoms with van der Waals surface area (Å²) in [4.78, 5) is 28.5. The Kier molecular flexibility index (Phi) is 5.75. The molecule has 1 atom stereocenters. The highest BCUT2D eigenvalue weighted by atomic mass is 19.4. The van der Waals surface area contributed by atoms with Gasteiger partial charge in [-0.2, -0.15) is 18.1 Å². The minimum atomic E-state index is -5.14. The molecule has 1 unspecified atom stereocenters. The number of carbonyl (C=O) groups excluding carboxylic acids is 2. The predicted octanol–water partition coefficient (Wildman–Crippen LogP) is -0.165. The Labute approximate surface area is 88.8 Å². The maximum atomic E-state index is 11.6. The van der Waals surface area contributed by atoms with Crippen LogP contribution in [-0.4, -0.2) is 30.8 Å². The number of alkyl halides is 3. The molecule has 0 rings (SSSR count). The smallest absolute Gasteiger partial charge is 0.330 e. The zero-order chi connectivity index (χ0) is 12.8. The van der Waals surface area contributed by atoms with Crippen LogP contribution in [-0.2, 0) is 19.4 Å². The SMILES string of the molecule is CC(NC(=O)CCN)OOC(=O)C(F)(F)F. The van der Waals surface area contributed by atoms with Gasteiger partial charge in [0.25, 0.3) is 0 Å². The lowest BCUT2D eigenvalue weighted by Gasteiger charge is -2.13. The fourth-order valence-electron chi connectivity index (χ4n) is 0.617. The molecule has 0 radical (unpaired) electrons. The third-order valence-electron chi connectivity index (χ3n) is 1.24. The molecule has 0 fully saturated rings. The zero-order valence-corrected chi connectivity index (χ0v) is 8.34. The van der Waals surface area contributed by atoms with Gasteiger partial charge in [-0.1, -0.05) is 0 Å². The van der Waals surface area contributed by atoms with E-state index in [1.807, 2.05) is 0 Å². The lowest BCUT2D eigenvalue weighted by Crippen LogP contribution is -2.37. The van der Waals surface area contributed by atoms with Crippen LogP contribution in [0.15, 0.2) is 0 Å². The van der Waals surface area contributed by atoms with E-state index in [9.17, 15) is 22.8 Å². The van der Waals surface area contributed by atoms with Crippen molar-refractivity contribution in [1.29, 1.82) is 0 Å². The molecule has 0 saturated heterocycles. The molecular formula is C7H11F3N2O4. The van der Waals surface area contributed by atoms with Crippen molar-refractivity contribution in [2.24, 2.45) is 5.73 Å². The first-order valence-corrected chi connectivity index (χ1v) is 4.21. The van der Waals surface area contributed by atoms with E-state index in [4.69, 9.17) is 5.73 Å². The molecule has 16 heavy (non-hydrogen) atoms. The van der Waals surface area contributed by atoms with E-state index in [0.717, 1.165) is 0 Å². The lowest BCUT2D eigenvalue weighted by atomic mass is 10.4. The highest BCUT2D eigenvalue weighted by Crippen LogP contribution is 2.16. The maximum absolute atomic E-state index is 11.6. The fraction of sp³-hybridized carbons (Fsp3) is 0.714. The molecule has 0 aromatic rings. The molecule has 0 aliphatic heterocycles. The van der Waals surface area contributed by atoms with E-state index < -0.39 is 24.3 Å². The summed E-state index contributed by atoms with van der Waals surface area (Å²) in [6, 6.07) is 0. The number of nitrogens with two attached hydrogens (primary N) is 1. The van der Waals surface area contributed by atoms with Crippen LogP contribution in [0.2, 0.25) is 0 Å². The van der Waals surface area contributed by atoms with Crippen molar-refractivity contribution in [3.63, 3.8) is 0 Å². The standard InChI is InChI=1S/C7H11F3N2O4/c1-4(12-5(13)2-3-11)15-16-6(14)7(8,9)10/h4H,2-3,11H2,1H3,(H,12,13). The Balaban J connectivity index is 3.86. The van der Waals surface area contributed by atoms with Gasteiger partial charge < -0.3 is 11.1 Å². The van der Waals surface area contributed by atoms with Gasteiger partial charge in [-0.05, 0) is 6.92 Å². The van der Waals surface area contributed by atoms with Crippen molar-refractivity contribution >= 4 is 11.9 Å². The van der Waals surface area contributed by atoms with E-state index in [1.54, 1.807) is 0 Å². The summed E-state index contributed by atoms with van der Waals surface area (Å²) in [5.41, 5.74) is 5.05. The van der Waals surface area contributed by atoms with Crippen molar-refractivity contribution in [3.8, 4) is 0 Å². The van der Waals surface area contributed by atoms with Gasteiger partial charge in [-0.15, -0.1) is 0 Å². The Morgan fingerprint density at radius 3 is 2.44 bits per heavy atom. The molecule has 0 aliphatic carbocycles. The van der Waals surface area contributed by atoms with Crippen LogP contribution >= 0.6 is 0 Å². The second kappa shape index (κ2) is 6.28. The number of rotatable bonds is 5. The van der Waals surface area contributed by atoms with Gasteiger partial charge in [-0.25, -0.2) is 4.79 Å². The lowest BCUT2D eigenvalue weighted by molar-refractivity contribution is -0.321. The molecule has 94 valence electrons. The van der Waals surface area contributed by atoms with Crippen LogP contribution < -0.4 is 11.1 Å². The normalized spacial score (nSPS) is 13.1. The molecule has 0 heterocycles. The molecule has 9 heteroatoms. The predicted molar refractivity (Wildman–Crippen MR) is 44.5 cm³/mol. The molecule has 0 bridgehead atoms. The Morgan fingerprint density at radius 1 is 1.44 bits per heavy atom. The van der Waals surface area contributed by atoms with Crippen LogP contribution in [0.1, 0.15) is 13.3 Å². The average Bonchev–Trinajstić information content (AvgIpc) is 2.12. The Bertz CT molecular complexity index is 257. The van der Waals surface area contributed by atoms with Crippen molar-refractivity contribution in [3.05, 3.63) is 0 Å². The summed E-state index contributed by atoms with van der Waals surface area (Å²) in [5, 5.41) is 2.10. The number of hydrogen-bond donors (Lipinski definition) is 2. The van der Waals surface area contributed by atoms with Gasteiger partial charge in [0.2, 0.25) is 5.91 Å². The van der Waals surface area contributed by atoms with E-state index in [1.165, 1.54) is 6.92 Å². The van der Waals surface area contributed by atoms with Crippen molar-refractivity contribution in [1.82, 2.24) is 5.32 Å². The van der Waals surface area contributed by atoms with Crippen LogP contribution in [0.3, 0.4) is 0 Å². The van der Waals surface area contributed by atoms with Gasteiger partial charge in [-0.3, -0.25) is 9.68 Å². The van der Waals surface area contributed by atoms with Gasteiger partial charge in [0.1, 0.15) is 0 Å². The van der Waals surface area contributed by atoms with Gasteiger partial charge in [0.05, 0.1) is 0 Å². The molecule has 0 aromatic carbocycles. The second-order valence-electron chi connectivity index (χ2n) is 2.71. The summed E-state index contributed by atoms with van der Waals surface area (Å²) in [5.74, 6) is -3.02. The molecule has 3 N–H and O–H groups in total. The van der Waals surface area contributed by atoms with Gasteiger partial charge in [0.15, 0.2) is 6.23 Å². The summed E-state index contributed by atoms with van der Waals surface area (Å²) in [6.45, 7) is 1.28. The minimum absolute atomic E-state index is 0.0130. The minimum Gasteiger partial charge on any atom is -0.330 e. The molecule has 6 nitrogen and oxygen atoms in total. The first-order chi connectivity index (χ1) is 7.27. The molecule has 0 aliphatic rings. The molecule has 0 saturated carbocycles. The first-order valence-electron chi connectivity index (χ1n) is 4.21. The number of nitrogens with one attached hydrogen (secondary N) is 1. The van der Waals surface area contributed by atoms with Crippen molar-refractivity contribution < 1.29 is 32.5 Å². The number of halogens is 3. The topological polar surface area (TPSA) is 90.7 Å². The van der Waals surface area contributed by atoms with E-state index in [0.29, 0.717) is 0 Å². The molecule has 0 aromatic heterocycles. The van der Waals surface area contributed by atoms with E-state index >= 15 is 0 Å². The maximum Gasteiger partial charge on any atom is 0.494 e. The fourth-order valence-corrected chi connectivity index (χ4v) is 0.617.